The maximum atomic E-state index is 13.9. The van der Waals surface area contributed by atoms with Crippen LogP contribution in [0.15, 0.2) is 60.7 Å². The summed E-state index contributed by atoms with van der Waals surface area (Å²) in [5, 5.41) is 6.36. The second-order valence-corrected chi connectivity index (χ2v) is 10.9. The smallest absolute Gasteiger partial charge is 0.246 e. The van der Waals surface area contributed by atoms with Gasteiger partial charge in [0.1, 0.15) is 12.1 Å². The van der Waals surface area contributed by atoms with E-state index in [-0.39, 0.29) is 35.8 Å². The van der Waals surface area contributed by atoms with Gasteiger partial charge in [-0.05, 0) is 75.6 Å². The summed E-state index contributed by atoms with van der Waals surface area (Å²) in [5.74, 6) is -0.292. The van der Waals surface area contributed by atoms with Crippen LogP contribution < -0.4 is 10.6 Å². The van der Waals surface area contributed by atoms with Crippen LogP contribution in [0, 0.1) is 0 Å². The van der Waals surface area contributed by atoms with Crippen molar-refractivity contribution >= 4 is 17.7 Å². The number of amides is 3. The Morgan fingerprint density at radius 2 is 1.50 bits per heavy atom. The molecule has 4 atom stereocenters. The summed E-state index contributed by atoms with van der Waals surface area (Å²) in [5.41, 5.74) is 2.00. The summed E-state index contributed by atoms with van der Waals surface area (Å²) in [7, 11) is 0. The van der Waals surface area contributed by atoms with E-state index in [9.17, 15) is 14.4 Å². The average Bonchev–Trinajstić information content (AvgIpc) is 3.60. The fourth-order valence-electron chi connectivity index (χ4n) is 6.57. The molecule has 5 rings (SSSR count). The minimum absolute atomic E-state index is 0.0487. The molecule has 3 saturated heterocycles. The first-order valence-corrected chi connectivity index (χ1v) is 14.3. The topological polar surface area (TPSA) is 81.8 Å². The highest BCUT2D eigenvalue weighted by Crippen LogP contribution is 2.33. The minimum atomic E-state index is -0.573. The molecule has 7 nitrogen and oxygen atoms in total. The Hall–Kier alpha value is -3.19. The van der Waals surface area contributed by atoms with Crippen molar-refractivity contribution in [2.24, 2.45) is 0 Å². The molecule has 2 N–H and O–H groups in total. The maximum Gasteiger partial charge on any atom is 0.246 e. The van der Waals surface area contributed by atoms with Gasteiger partial charge in [-0.1, -0.05) is 67.6 Å². The van der Waals surface area contributed by atoms with E-state index < -0.39 is 12.1 Å². The number of fused-ring (bicyclic) bond motifs is 1. The lowest BCUT2D eigenvalue weighted by molar-refractivity contribution is -0.143. The fraction of sp³-hybridized carbons (Fsp3) is 0.516. The summed E-state index contributed by atoms with van der Waals surface area (Å²) in [6, 6.07) is 18.3. The zero-order valence-corrected chi connectivity index (χ0v) is 22.4. The summed E-state index contributed by atoms with van der Waals surface area (Å²) in [4.78, 5) is 44.9. The van der Waals surface area contributed by atoms with Crippen LogP contribution in [0.2, 0.25) is 0 Å². The van der Waals surface area contributed by atoms with E-state index in [0.29, 0.717) is 12.8 Å². The van der Waals surface area contributed by atoms with Gasteiger partial charge in [0.25, 0.3) is 0 Å². The minimum Gasteiger partial charge on any atom is -0.343 e. The molecule has 3 heterocycles. The molecule has 0 aromatic heterocycles. The van der Waals surface area contributed by atoms with Gasteiger partial charge in [-0.25, -0.2) is 0 Å². The molecule has 0 aliphatic carbocycles. The quantitative estimate of drug-likeness (QED) is 0.559. The van der Waals surface area contributed by atoms with Crippen molar-refractivity contribution in [2.75, 3.05) is 13.1 Å². The van der Waals surface area contributed by atoms with Gasteiger partial charge in [-0.15, -0.1) is 0 Å². The van der Waals surface area contributed by atoms with Gasteiger partial charge in [-0.3, -0.25) is 19.3 Å². The lowest BCUT2D eigenvalue weighted by Crippen LogP contribution is -2.57. The van der Waals surface area contributed by atoms with E-state index in [4.69, 9.17) is 0 Å². The maximum absolute atomic E-state index is 13.9. The van der Waals surface area contributed by atoms with Gasteiger partial charge in [0.2, 0.25) is 17.7 Å². The first-order chi connectivity index (χ1) is 18.6. The molecule has 0 unspecified atom stereocenters. The molecule has 38 heavy (non-hydrogen) atoms. The monoisotopic (exact) mass is 516 g/mol. The second-order valence-electron chi connectivity index (χ2n) is 10.9. The SMILES string of the molecule is CC[C@H](C(=O)N[C@H]1CCC[C@H]2CC[C@@H](C(=O)NC(c3ccccc3)c3ccccc3)N2C1=O)N1CCCC1. The molecule has 0 bridgehead atoms. The average molecular weight is 517 g/mol. The molecular formula is C31H40N4O3. The number of likely N-dealkylation sites (tertiary alicyclic amines) is 1. The normalized spacial score (nSPS) is 24.6. The van der Waals surface area contributed by atoms with E-state index in [1.165, 1.54) is 0 Å². The number of hydrogen-bond donors (Lipinski definition) is 2. The Morgan fingerprint density at radius 3 is 2.11 bits per heavy atom. The molecule has 0 radical (unpaired) electrons. The molecule has 3 aliphatic heterocycles. The van der Waals surface area contributed by atoms with Gasteiger partial charge >= 0.3 is 0 Å². The fourth-order valence-corrected chi connectivity index (χ4v) is 6.57. The van der Waals surface area contributed by atoms with Crippen LogP contribution in [-0.4, -0.2) is 64.8 Å². The van der Waals surface area contributed by atoms with Crippen molar-refractivity contribution in [2.45, 2.75) is 88.5 Å². The van der Waals surface area contributed by atoms with Gasteiger partial charge in [0.05, 0.1) is 12.1 Å². The van der Waals surface area contributed by atoms with Crippen molar-refractivity contribution in [3.63, 3.8) is 0 Å². The first kappa shape index (κ1) is 26.4. The Morgan fingerprint density at radius 1 is 0.868 bits per heavy atom. The highest BCUT2D eigenvalue weighted by atomic mass is 16.2. The lowest BCUT2D eigenvalue weighted by atomic mass is 9.98. The third-order valence-electron chi connectivity index (χ3n) is 8.53. The van der Waals surface area contributed by atoms with Crippen molar-refractivity contribution in [1.29, 1.82) is 0 Å². The molecule has 3 fully saturated rings. The zero-order chi connectivity index (χ0) is 26.5. The number of nitrogens with zero attached hydrogens (tertiary/aromatic N) is 2. The molecule has 0 saturated carbocycles. The van der Waals surface area contributed by atoms with Gasteiger partial charge < -0.3 is 15.5 Å². The van der Waals surface area contributed by atoms with Crippen LogP contribution in [0.4, 0.5) is 0 Å². The van der Waals surface area contributed by atoms with Gasteiger partial charge in [0, 0.05) is 6.04 Å². The van der Waals surface area contributed by atoms with E-state index in [0.717, 1.165) is 62.7 Å². The van der Waals surface area contributed by atoms with Crippen LogP contribution >= 0.6 is 0 Å². The molecule has 0 spiro atoms. The highest BCUT2D eigenvalue weighted by molar-refractivity contribution is 5.94. The number of carbonyl (C=O) groups excluding carboxylic acids is 3. The van der Waals surface area contributed by atoms with Crippen LogP contribution in [0.5, 0.6) is 0 Å². The van der Waals surface area contributed by atoms with Crippen LogP contribution in [0.3, 0.4) is 0 Å². The molecule has 2 aromatic carbocycles. The lowest BCUT2D eigenvalue weighted by Gasteiger charge is -2.33. The van der Waals surface area contributed by atoms with Crippen LogP contribution in [0.1, 0.15) is 75.5 Å². The molecule has 3 aliphatic rings. The van der Waals surface area contributed by atoms with E-state index in [1.54, 1.807) is 4.90 Å². The third kappa shape index (κ3) is 5.63. The zero-order valence-electron chi connectivity index (χ0n) is 22.4. The molecule has 3 amide bonds. The second kappa shape index (κ2) is 12.1. The van der Waals surface area contributed by atoms with Gasteiger partial charge in [0.15, 0.2) is 0 Å². The van der Waals surface area contributed by atoms with E-state index in [2.05, 4.69) is 15.5 Å². The summed E-state index contributed by atoms with van der Waals surface area (Å²) < 4.78 is 0. The molecule has 2 aromatic rings. The van der Waals surface area contributed by atoms with Crippen molar-refractivity contribution in [1.82, 2.24) is 20.4 Å². The van der Waals surface area contributed by atoms with Crippen molar-refractivity contribution in [3.8, 4) is 0 Å². The first-order valence-electron chi connectivity index (χ1n) is 14.3. The Balaban J connectivity index is 1.32. The third-order valence-corrected chi connectivity index (χ3v) is 8.53. The number of hydrogen-bond acceptors (Lipinski definition) is 4. The number of nitrogens with one attached hydrogen (secondary N) is 2. The van der Waals surface area contributed by atoms with Crippen molar-refractivity contribution in [3.05, 3.63) is 71.8 Å². The van der Waals surface area contributed by atoms with Gasteiger partial charge in [-0.2, -0.15) is 0 Å². The Labute approximate surface area is 226 Å². The number of carbonyl (C=O) groups is 3. The summed E-state index contributed by atoms with van der Waals surface area (Å²) in [6.45, 7) is 3.90. The largest absolute Gasteiger partial charge is 0.343 e. The predicted molar refractivity (Wildman–Crippen MR) is 147 cm³/mol. The van der Waals surface area contributed by atoms with Crippen molar-refractivity contribution < 1.29 is 14.4 Å². The van der Waals surface area contributed by atoms with E-state index in [1.807, 2.05) is 67.6 Å². The van der Waals surface area contributed by atoms with E-state index >= 15 is 0 Å². The predicted octanol–water partition coefficient (Wildman–Crippen LogP) is 3.79. The molecular weight excluding hydrogens is 476 g/mol. The number of rotatable bonds is 8. The van der Waals surface area contributed by atoms with Crippen LogP contribution in [-0.2, 0) is 14.4 Å². The number of benzene rings is 2. The standard InChI is InChI=1S/C31H40N4O3/c1-2-26(34-20-9-10-21-34)29(36)32-25-17-11-16-24-18-19-27(35(24)31(25)38)30(37)33-28(22-12-5-3-6-13-22)23-14-7-4-8-15-23/h3-8,12-15,24-28H,2,9-11,16-21H2,1H3,(H,32,36)(H,33,37)/t24-,25-,26+,27-/m0/s1. The summed E-state index contributed by atoms with van der Waals surface area (Å²) >= 11 is 0. The molecule has 202 valence electrons. The Bertz CT molecular complexity index is 1060. The highest BCUT2D eigenvalue weighted by Gasteiger charge is 2.45. The van der Waals surface area contributed by atoms with Crippen LogP contribution in [0.25, 0.3) is 0 Å². The molecule has 7 heteroatoms. The summed E-state index contributed by atoms with van der Waals surface area (Å²) in [6.07, 6.45) is 6.78. The Kier molecular flexibility index (Phi) is 8.42.